The van der Waals surface area contributed by atoms with Crippen molar-refractivity contribution in [1.29, 1.82) is 0 Å². The van der Waals surface area contributed by atoms with E-state index in [1.54, 1.807) is 23.9 Å². The van der Waals surface area contributed by atoms with E-state index in [1.165, 1.54) is 4.31 Å². The molecular formula is C22H27N3O4S2. The molecule has 1 aromatic heterocycles. The maximum absolute atomic E-state index is 13.0. The molecule has 31 heavy (non-hydrogen) atoms. The number of hydrogen-bond donors (Lipinski definition) is 0. The summed E-state index contributed by atoms with van der Waals surface area (Å²) in [5, 5.41) is 0.865. The number of sulfonamides is 1. The van der Waals surface area contributed by atoms with Gasteiger partial charge in [-0.05, 0) is 38.1 Å². The zero-order valence-electron chi connectivity index (χ0n) is 17.8. The highest BCUT2D eigenvalue weighted by Gasteiger charge is 2.27. The van der Waals surface area contributed by atoms with E-state index >= 15 is 0 Å². The Morgan fingerprint density at radius 1 is 1.13 bits per heavy atom. The number of rotatable bonds is 8. The number of hydrogen-bond acceptors (Lipinski definition) is 6. The van der Waals surface area contributed by atoms with Gasteiger partial charge in [0.2, 0.25) is 10.0 Å². The maximum Gasteiger partial charge on any atom is 0.243 e. The standard InChI is InChI=1S/C22H27N3O4S2/c1-3-25-20-10-9-18(31(26,27)24-11-13-28-14-12-24)15-19(20)23-22(25)30-16-17-7-5-6-8-21(17)29-4-2/h5-10,15H,3-4,11-14,16H2,1-2H3. The molecule has 0 radical (unpaired) electrons. The van der Waals surface area contributed by atoms with Crippen molar-refractivity contribution in [2.45, 2.75) is 36.2 Å². The highest BCUT2D eigenvalue weighted by Crippen LogP contribution is 2.31. The number of benzene rings is 2. The predicted molar refractivity (Wildman–Crippen MR) is 122 cm³/mol. The lowest BCUT2D eigenvalue weighted by Gasteiger charge is -2.26. The van der Waals surface area contributed by atoms with Gasteiger partial charge < -0.3 is 14.0 Å². The van der Waals surface area contributed by atoms with Crippen molar-refractivity contribution in [2.24, 2.45) is 0 Å². The van der Waals surface area contributed by atoms with Gasteiger partial charge >= 0.3 is 0 Å². The summed E-state index contributed by atoms with van der Waals surface area (Å²) in [4.78, 5) is 5.05. The van der Waals surface area contributed by atoms with Gasteiger partial charge in [0, 0.05) is 31.0 Å². The van der Waals surface area contributed by atoms with Crippen LogP contribution in [0.15, 0.2) is 52.5 Å². The van der Waals surface area contributed by atoms with E-state index in [0.717, 1.165) is 34.3 Å². The largest absolute Gasteiger partial charge is 0.494 e. The lowest BCUT2D eigenvalue weighted by Crippen LogP contribution is -2.40. The summed E-state index contributed by atoms with van der Waals surface area (Å²) < 4.78 is 40.7. The van der Waals surface area contributed by atoms with E-state index in [9.17, 15) is 8.42 Å². The second-order valence-electron chi connectivity index (χ2n) is 7.14. The number of ether oxygens (including phenoxy) is 2. The Hall–Kier alpha value is -2.07. The van der Waals surface area contributed by atoms with Crippen LogP contribution in [0.25, 0.3) is 11.0 Å². The molecule has 0 bridgehead atoms. The highest BCUT2D eigenvalue weighted by molar-refractivity contribution is 7.98. The quantitative estimate of drug-likeness (QED) is 0.476. The molecular weight excluding hydrogens is 434 g/mol. The molecule has 9 heteroatoms. The maximum atomic E-state index is 13.0. The molecule has 1 aliphatic heterocycles. The fourth-order valence-electron chi connectivity index (χ4n) is 3.66. The molecule has 2 aromatic carbocycles. The zero-order chi connectivity index (χ0) is 21.8. The summed E-state index contributed by atoms with van der Waals surface area (Å²) >= 11 is 1.63. The summed E-state index contributed by atoms with van der Waals surface area (Å²) in [5.41, 5.74) is 2.74. The van der Waals surface area contributed by atoms with Gasteiger partial charge in [-0.1, -0.05) is 30.0 Å². The number of aromatic nitrogens is 2. The highest BCUT2D eigenvalue weighted by atomic mass is 32.2. The van der Waals surface area contributed by atoms with E-state index in [-0.39, 0.29) is 4.90 Å². The van der Waals surface area contributed by atoms with Gasteiger partial charge in [-0.2, -0.15) is 4.31 Å². The van der Waals surface area contributed by atoms with E-state index in [2.05, 4.69) is 17.6 Å². The van der Waals surface area contributed by atoms with Gasteiger partial charge in [0.05, 0.1) is 35.7 Å². The number of morpholine rings is 1. The summed E-state index contributed by atoms with van der Waals surface area (Å²) in [7, 11) is -3.55. The average Bonchev–Trinajstić information content (AvgIpc) is 3.16. The van der Waals surface area contributed by atoms with Crippen molar-refractivity contribution in [1.82, 2.24) is 13.9 Å². The lowest BCUT2D eigenvalue weighted by molar-refractivity contribution is 0.0730. The Balaban J connectivity index is 1.62. The summed E-state index contributed by atoms with van der Waals surface area (Å²) in [6.45, 7) is 7.03. The number of imidazole rings is 1. The van der Waals surface area contributed by atoms with Crippen molar-refractivity contribution in [2.75, 3.05) is 32.9 Å². The topological polar surface area (TPSA) is 73.7 Å². The van der Waals surface area contributed by atoms with Gasteiger partial charge in [-0.25, -0.2) is 13.4 Å². The number of para-hydroxylation sites is 1. The van der Waals surface area contributed by atoms with Crippen LogP contribution in [0.5, 0.6) is 5.75 Å². The molecule has 0 N–H and O–H groups in total. The van der Waals surface area contributed by atoms with Gasteiger partial charge in [0.1, 0.15) is 5.75 Å². The van der Waals surface area contributed by atoms with Crippen molar-refractivity contribution >= 4 is 32.8 Å². The van der Waals surface area contributed by atoms with E-state index in [4.69, 9.17) is 14.5 Å². The summed E-state index contributed by atoms with van der Waals surface area (Å²) in [6, 6.07) is 13.2. The molecule has 4 rings (SSSR count). The number of nitrogens with zero attached hydrogens (tertiary/aromatic N) is 3. The fourth-order valence-corrected chi connectivity index (χ4v) is 6.16. The summed E-state index contributed by atoms with van der Waals surface area (Å²) in [6.07, 6.45) is 0. The second kappa shape index (κ2) is 9.60. The van der Waals surface area contributed by atoms with Gasteiger partial charge in [0.25, 0.3) is 0 Å². The van der Waals surface area contributed by atoms with Crippen LogP contribution in [0.1, 0.15) is 19.4 Å². The Kier molecular flexibility index (Phi) is 6.86. The van der Waals surface area contributed by atoms with Crippen LogP contribution in [-0.4, -0.2) is 55.2 Å². The summed E-state index contributed by atoms with van der Waals surface area (Å²) in [5.74, 6) is 1.61. The van der Waals surface area contributed by atoms with Crippen molar-refractivity contribution in [3.8, 4) is 5.75 Å². The van der Waals surface area contributed by atoms with E-state index in [0.29, 0.717) is 38.4 Å². The second-order valence-corrected chi connectivity index (χ2v) is 10.0. The molecule has 0 atom stereocenters. The van der Waals surface area contributed by atoms with Crippen LogP contribution in [0.3, 0.4) is 0 Å². The first kappa shape index (κ1) is 22.1. The Bertz CT molecular complexity index is 1150. The monoisotopic (exact) mass is 461 g/mol. The molecule has 0 aliphatic carbocycles. The van der Waals surface area contributed by atoms with Gasteiger partial charge in [-0.3, -0.25) is 0 Å². The van der Waals surface area contributed by atoms with Crippen LogP contribution in [0.2, 0.25) is 0 Å². The Morgan fingerprint density at radius 2 is 1.90 bits per heavy atom. The lowest BCUT2D eigenvalue weighted by atomic mass is 10.2. The van der Waals surface area contributed by atoms with Crippen LogP contribution in [0.4, 0.5) is 0 Å². The van der Waals surface area contributed by atoms with Crippen molar-refractivity contribution < 1.29 is 17.9 Å². The molecule has 7 nitrogen and oxygen atoms in total. The van der Waals surface area contributed by atoms with Gasteiger partial charge in [-0.15, -0.1) is 0 Å². The SMILES string of the molecule is CCOc1ccccc1CSc1nc2cc(S(=O)(=O)N3CCOCC3)ccc2n1CC. The smallest absolute Gasteiger partial charge is 0.243 e. The minimum absolute atomic E-state index is 0.279. The molecule has 1 saturated heterocycles. The van der Waals surface area contributed by atoms with Crippen molar-refractivity contribution in [3.63, 3.8) is 0 Å². The first-order chi connectivity index (χ1) is 15.0. The van der Waals surface area contributed by atoms with E-state index < -0.39 is 10.0 Å². The molecule has 2 heterocycles. The zero-order valence-corrected chi connectivity index (χ0v) is 19.4. The van der Waals surface area contributed by atoms with Crippen LogP contribution >= 0.6 is 11.8 Å². The fraction of sp³-hybridized carbons (Fsp3) is 0.409. The molecule has 0 saturated carbocycles. The third kappa shape index (κ3) is 4.59. The molecule has 3 aromatic rings. The third-order valence-electron chi connectivity index (χ3n) is 5.24. The van der Waals surface area contributed by atoms with Crippen molar-refractivity contribution in [3.05, 3.63) is 48.0 Å². The minimum Gasteiger partial charge on any atom is -0.494 e. The number of fused-ring (bicyclic) bond motifs is 1. The minimum atomic E-state index is -3.55. The van der Waals surface area contributed by atoms with Crippen LogP contribution < -0.4 is 4.74 Å². The molecule has 0 unspecified atom stereocenters. The molecule has 0 amide bonds. The molecule has 0 spiro atoms. The normalized spacial score (nSPS) is 15.4. The average molecular weight is 462 g/mol. The first-order valence-corrected chi connectivity index (χ1v) is 12.9. The van der Waals surface area contributed by atoms with Crippen LogP contribution in [-0.2, 0) is 27.1 Å². The number of aryl methyl sites for hydroxylation is 1. The van der Waals surface area contributed by atoms with Crippen LogP contribution in [0, 0.1) is 0 Å². The molecule has 1 fully saturated rings. The first-order valence-electron chi connectivity index (χ1n) is 10.5. The Morgan fingerprint density at radius 3 is 2.65 bits per heavy atom. The molecule has 1 aliphatic rings. The molecule has 166 valence electrons. The van der Waals surface area contributed by atoms with E-state index in [1.807, 2.05) is 31.2 Å². The number of thioether (sulfide) groups is 1. The Labute approximate surface area is 187 Å². The third-order valence-corrected chi connectivity index (χ3v) is 8.16. The van der Waals surface area contributed by atoms with Gasteiger partial charge in [0.15, 0.2) is 5.16 Å². The predicted octanol–water partition coefficient (Wildman–Crippen LogP) is 3.77.